The highest BCUT2D eigenvalue weighted by atomic mass is 16.2. The molecular weight excluding hydrogens is 140 g/mol. The van der Waals surface area contributed by atoms with Crippen molar-refractivity contribution in [2.45, 2.75) is 6.42 Å². The number of nitrogens with two attached hydrogens (primary N) is 1. The Balaban J connectivity index is 2.70. The molecule has 3 nitrogen and oxygen atoms in total. The molecular formula is C8H10N2O. The molecule has 1 rings (SSSR count). The molecule has 0 aromatic heterocycles. The second-order valence-electron chi connectivity index (χ2n) is 2.33. The van der Waals surface area contributed by atoms with Crippen LogP contribution in [-0.4, -0.2) is 5.91 Å². The molecule has 3 N–H and O–H groups in total. The van der Waals surface area contributed by atoms with Crippen LogP contribution in [-0.2, 0) is 4.79 Å². The summed E-state index contributed by atoms with van der Waals surface area (Å²) < 4.78 is 0. The Kier molecular flexibility index (Phi) is 2.23. The summed E-state index contributed by atoms with van der Waals surface area (Å²) in [6.45, 7) is 3.74. The van der Waals surface area contributed by atoms with Gasteiger partial charge in [0.2, 0.25) is 0 Å². The van der Waals surface area contributed by atoms with E-state index in [1.165, 1.54) is 0 Å². The molecule has 0 saturated heterocycles. The van der Waals surface area contributed by atoms with Gasteiger partial charge in [0.1, 0.15) is 0 Å². The van der Waals surface area contributed by atoms with Crippen LogP contribution in [0, 0.1) is 0 Å². The van der Waals surface area contributed by atoms with Gasteiger partial charge in [-0.15, -0.1) is 0 Å². The normalized spacial score (nSPS) is 16.1. The van der Waals surface area contributed by atoms with Crippen molar-refractivity contribution in [3.8, 4) is 0 Å². The van der Waals surface area contributed by atoms with E-state index in [2.05, 4.69) is 12.0 Å². The number of hydrogen-bond acceptors (Lipinski definition) is 2. The maximum atomic E-state index is 10.9. The average Bonchev–Trinajstić information content (AvgIpc) is 2.05. The number of allylic oxidation sites excluding steroid dienone is 3. The fourth-order valence-electron chi connectivity index (χ4n) is 0.836. The second-order valence-corrected chi connectivity index (χ2v) is 2.33. The van der Waals surface area contributed by atoms with E-state index in [0.29, 0.717) is 5.57 Å². The summed E-state index contributed by atoms with van der Waals surface area (Å²) in [6, 6.07) is 0. The molecule has 0 atom stereocenters. The van der Waals surface area contributed by atoms with E-state index >= 15 is 0 Å². The van der Waals surface area contributed by atoms with Crippen molar-refractivity contribution in [2.24, 2.45) is 5.84 Å². The summed E-state index contributed by atoms with van der Waals surface area (Å²) in [7, 11) is 0. The van der Waals surface area contributed by atoms with Gasteiger partial charge in [-0.05, 0) is 12.5 Å². The van der Waals surface area contributed by atoms with Gasteiger partial charge in [0.25, 0.3) is 5.91 Å². The van der Waals surface area contributed by atoms with E-state index < -0.39 is 0 Å². The van der Waals surface area contributed by atoms with Crippen LogP contribution in [0.4, 0.5) is 0 Å². The highest BCUT2D eigenvalue weighted by Crippen LogP contribution is 2.12. The minimum Gasteiger partial charge on any atom is -0.290 e. The van der Waals surface area contributed by atoms with Crippen LogP contribution in [0.2, 0.25) is 0 Å². The first-order valence-corrected chi connectivity index (χ1v) is 3.31. The van der Waals surface area contributed by atoms with Crippen molar-refractivity contribution >= 4 is 5.91 Å². The first kappa shape index (κ1) is 7.75. The monoisotopic (exact) mass is 150 g/mol. The van der Waals surface area contributed by atoms with Crippen LogP contribution in [0.1, 0.15) is 6.42 Å². The van der Waals surface area contributed by atoms with E-state index in [0.717, 1.165) is 12.0 Å². The van der Waals surface area contributed by atoms with Crippen molar-refractivity contribution in [3.63, 3.8) is 0 Å². The molecule has 58 valence electrons. The minimum atomic E-state index is -0.256. The van der Waals surface area contributed by atoms with E-state index in [4.69, 9.17) is 5.84 Å². The topological polar surface area (TPSA) is 55.1 Å². The van der Waals surface area contributed by atoms with Gasteiger partial charge < -0.3 is 0 Å². The molecule has 0 aromatic rings. The summed E-state index contributed by atoms with van der Waals surface area (Å²) in [5.41, 5.74) is 3.66. The summed E-state index contributed by atoms with van der Waals surface area (Å²) in [6.07, 6.45) is 6.03. The van der Waals surface area contributed by atoms with Crippen LogP contribution >= 0.6 is 0 Å². The van der Waals surface area contributed by atoms with Gasteiger partial charge in [-0.2, -0.15) is 0 Å². The number of amides is 1. The predicted molar refractivity (Wildman–Crippen MR) is 43.3 cm³/mol. The van der Waals surface area contributed by atoms with Crippen molar-refractivity contribution in [3.05, 3.63) is 36.0 Å². The van der Waals surface area contributed by atoms with Crippen LogP contribution in [0.5, 0.6) is 0 Å². The lowest BCUT2D eigenvalue weighted by atomic mass is 10.0. The molecule has 0 fully saturated rings. The molecule has 0 spiro atoms. The van der Waals surface area contributed by atoms with Gasteiger partial charge in [-0.3, -0.25) is 10.2 Å². The van der Waals surface area contributed by atoms with E-state index in [9.17, 15) is 4.79 Å². The Morgan fingerprint density at radius 1 is 1.64 bits per heavy atom. The van der Waals surface area contributed by atoms with Gasteiger partial charge in [0.05, 0.1) is 0 Å². The Hall–Kier alpha value is -1.35. The smallest absolute Gasteiger partial charge is 0.264 e. The lowest BCUT2D eigenvalue weighted by Gasteiger charge is -2.05. The minimum absolute atomic E-state index is 0.256. The van der Waals surface area contributed by atoms with Crippen molar-refractivity contribution in [1.82, 2.24) is 5.43 Å². The molecule has 0 bridgehead atoms. The first-order valence-electron chi connectivity index (χ1n) is 3.31. The summed E-state index contributed by atoms with van der Waals surface area (Å²) >= 11 is 0. The van der Waals surface area contributed by atoms with Crippen LogP contribution < -0.4 is 11.3 Å². The molecule has 1 amide bonds. The Morgan fingerprint density at radius 3 is 2.82 bits per heavy atom. The molecule has 0 aromatic carbocycles. The van der Waals surface area contributed by atoms with E-state index in [1.807, 2.05) is 6.08 Å². The SMILES string of the molecule is C=C1C=CC(C(=O)NN)=CC1. The third-order valence-corrected chi connectivity index (χ3v) is 1.48. The van der Waals surface area contributed by atoms with E-state index in [1.54, 1.807) is 12.2 Å². The van der Waals surface area contributed by atoms with Gasteiger partial charge >= 0.3 is 0 Å². The molecule has 1 aliphatic rings. The Bertz CT molecular complexity index is 251. The number of hydrogen-bond donors (Lipinski definition) is 2. The average molecular weight is 150 g/mol. The Labute approximate surface area is 65.2 Å². The summed E-state index contributed by atoms with van der Waals surface area (Å²) in [5, 5.41) is 0. The largest absolute Gasteiger partial charge is 0.290 e. The molecule has 0 heterocycles. The molecule has 0 saturated carbocycles. The van der Waals surface area contributed by atoms with Crippen LogP contribution in [0.3, 0.4) is 0 Å². The van der Waals surface area contributed by atoms with Crippen molar-refractivity contribution in [1.29, 1.82) is 0 Å². The molecule has 1 aliphatic carbocycles. The first-order chi connectivity index (χ1) is 5.24. The quantitative estimate of drug-likeness (QED) is 0.323. The van der Waals surface area contributed by atoms with Crippen LogP contribution in [0.15, 0.2) is 36.0 Å². The van der Waals surface area contributed by atoms with Crippen molar-refractivity contribution < 1.29 is 4.79 Å². The number of nitrogens with one attached hydrogen (secondary N) is 1. The zero-order chi connectivity index (χ0) is 8.27. The highest BCUT2D eigenvalue weighted by molar-refractivity contribution is 5.96. The lowest BCUT2D eigenvalue weighted by molar-refractivity contribution is -0.117. The third-order valence-electron chi connectivity index (χ3n) is 1.48. The summed E-state index contributed by atoms with van der Waals surface area (Å²) in [5.74, 6) is 4.69. The maximum Gasteiger partial charge on any atom is 0.264 e. The van der Waals surface area contributed by atoms with Gasteiger partial charge in [-0.1, -0.05) is 24.3 Å². The van der Waals surface area contributed by atoms with Crippen molar-refractivity contribution in [2.75, 3.05) is 0 Å². The predicted octanol–water partition coefficient (Wildman–Crippen LogP) is 0.419. The lowest BCUT2D eigenvalue weighted by Crippen LogP contribution is -2.31. The van der Waals surface area contributed by atoms with Gasteiger partial charge in [-0.25, -0.2) is 5.84 Å². The number of carbonyl (C=O) groups excluding carboxylic acids is 1. The van der Waals surface area contributed by atoms with Crippen LogP contribution in [0.25, 0.3) is 0 Å². The third kappa shape index (κ3) is 1.78. The number of carbonyl (C=O) groups is 1. The zero-order valence-corrected chi connectivity index (χ0v) is 6.13. The molecule has 0 unspecified atom stereocenters. The number of rotatable bonds is 1. The molecule has 0 radical (unpaired) electrons. The molecule has 0 aliphatic heterocycles. The van der Waals surface area contributed by atoms with Gasteiger partial charge in [0, 0.05) is 5.57 Å². The molecule has 11 heavy (non-hydrogen) atoms. The fourth-order valence-corrected chi connectivity index (χ4v) is 0.836. The standard InChI is InChI=1S/C8H10N2O/c1-6-2-4-7(5-3-6)8(11)10-9/h2,4-5H,1,3,9H2,(H,10,11). The van der Waals surface area contributed by atoms with E-state index in [-0.39, 0.29) is 5.91 Å². The number of hydrazine groups is 1. The maximum absolute atomic E-state index is 10.9. The Morgan fingerprint density at radius 2 is 2.36 bits per heavy atom. The molecule has 3 heteroatoms. The fraction of sp³-hybridized carbons (Fsp3) is 0.125. The highest BCUT2D eigenvalue weighted by Gasteiger charge is 2.06. The van der Waals surface area contributed by atoms with Gasteiger partial charge in [0.15, 0.2) is 0 Å². The summed E-state index contributed by atoms with van der Waals surface area (Å²) in [4.78, 5) is 10.9. The zero-order valence-electron chi connectivity index (χ0n) is 6.13. The second kappa shape index (κ2) is 3.16.